The molecule has 2 aliphatic rings. The highest BCUT2D eigenvalue weighted by Crippen LogP contribution is 2.36. The van der Waals surface area contributed by atoms with E-state index in [4.69, 9.17) is 5.73 Å². The molecule has 1 aliphatic heterocycles. The molecule has 3 N–H and O–H groups in total. The predicted molar refractivity (Wildman–Crippen MR) is 75.4 cm³/mol. The predicted octanol–water partition coefficient (Wildman–Crippen LogP) is 1.99. The number of hydrogen-bond acceptors (Lipinski definition) is 3. The Labute approximate surface area is 112 Å². The third-order valence-electron chi connectivity index (χ3n) is 5.28. The molecule has 0 amide bonds. The molecule has 0 bridgehead atoms. The highest BCUT2D eigenvalue weighted by atomic mass is 16.3. The van der Waals surface area contributed by atoms with E-state index in [1.165, 1.54) is 58.2 Å². The summed E-state index contributed by atoms with van der Waals surface area (Å²) in [6.07, 6.45) is 8.67. The molecule has 2 fully saturated rings. The van der Waals surface area contributed by atoms with Gasteiger partial charge in [0.2, 0.25) is 0 Å². The lowest BCUT2D eigenvalue weighted by Gasteiger charge is -2.35. The normalized spacial score (nSPS) is 38.2. The van der Waals surface area contributed by atoms with Gasteiger partial charge in [0.1, 0.15) is 0 Å². The standard InChI is InChI=1S/C15H30N2O/c1-2-13-5-4-9-17(11-13)10-7-14-6-3-8-15(14,16)12-18/h13-14,18H,2-12,16H2,1H3. The molecule has 3 atom stereocenters. The Morgan fingerprint density at radius 1 is 1.33 bits per heavy atom. The minimum atomic E-state index is -0.278. The maximum atomic E-state index is 9.47. The summed E-state index contributed by atoms with van der Waals surface area (Å²) < 4.78 is 0. The molecular weight excluding hydrogens is 224 g/mol. The van der Waals surface area contributed by atoms with Crippen LogP contribution in [0, 0.1) is 11.8 Å². The molecule has 0 aromatic rings. The van der Waals surface area contributed by atoms with Crippen LogP contribution in [0.1, 0.15) is 51.9 Å². The molecule has 0 spiro atoms. The molecule has 3 nitrogen and oxygen atoms in total. The van der Waals surface area contributed by atoms with Crippen molar-refractivity contribution < 1.29 is 5.11 Å². The summed E-state index contributed by atoms with van der Waals surface area (Å²) >= 11 is 0. The first-order chi connectivity index (χ1) is 8.68. The third kappa shape index (κ3) is 3.25. The van der Waals surface area contributed by atoms with Gasteiger partial charge in [-0.05, 0) is 57.0 Å². The largest absolute Gasteiger partial charge is 0.394 e. The Kier molecular flexibility index (Phi) is 5.05. The number of rotatable bonds is 5. The van der Waals surface area contributed by atoms with Gasteiger partial charge in [0.05, 0.1) is 6.61 Å². The van der Waals surface area contributed by atoms with Crippen molar-refractivity contribution in [1.29, 1.82) is 0 Å². The smallest absolute Gasteiger partial charge is 0.0613 e. The van der Waals surface area contributed by atoms with Crippen LogP contribution in [0.5, 0.6) is 0 Å². The first kappa shape index (κ1) is 14.3. The molecule has 1 heterocycles. The maximum Gasteiger partial charge on any atom is 0.0613 e. The zero-order chi connectivity index (χ0) is 13.0. The molecule has 2 rings (SSSR count). The zero-order valence-electron chi connectivity index (χ0n) is 11.9. The summed E-state index contributed by atoms with van der Waals surface area (Å²) in [5.41, 5.74) is 6.03. The van der Waals surface area contributed by atoms with Crippen LogP contribution in [0.25, 0.3) is 0 Å². The number of aliphatic hydroxyl groups is 1. The summed E-state index contributed by atoms with van der Waals surface area (Å²) in [5.74, 6) is 1.44. The molecule has 106 valence electrons. The van der Waals surface area contributed by atoms with Crippen LogP contribution in [-0.4, -0.2) is 41.8 Å². The van der Waals surface area contributed by atoms with Gasteiger partial charge < -0.3 is 15.7 Å². The Bertz CT molecular complexity index is 259. The average Bonchev–Trinajstić information content (AvgIpc) is 2.79. The summed E-state index contributed by atoms with van der Waals surface area (Å²) in [4.78, 5) is 2.62. The number of likely N-dealkylation sites (tertiary alicyclic amines) is 1. The quantitative estimate of drug-likeness (QED) is 0.789. The molecular formula is C15H30N2O. The second-order valence-corrected chi connectivity index (χ2v) is 6.49. The van der Waals surface area contributed by atoms with E-state index in [0.717, 1.165) is 12.3 Å². The summed E-state index contributed by atoms with van der Waals surface area (Å²) in [6.45, 7) is 6.19. The fraction of sp³-hybridized carbons (Fsp3) is 1.00. The first-order valence-electron chi connectivity index (χ1n) is 7.80. The van der Waals surface area contributed by atoms with Crippen LogP contribution >= 0.6 is 0 Å². The summed E-state index contributed by atoms with van der Waals surface area (Å²) in [5, 5.41) is 9.47. The molecule has 0 aromatic carbocycles. The van der Waals surface area contributed by atoms with Crippen LogP contribution in [0.4, 0.5) is 0 Å². The molecule has 18 heavy (non-hydrogen) atoms. The highest BCUT2D eigenvalue weighted by Gasteiger charge is 2.38. The summed E-state index contributed by atoms with van der Waals surface area (Å²) in [7, 11) is 0. The van der Waals surface area contributed by atoms with E-state index < -0.39 is 0 Å². The van der Waals surface area contributed by atoms with Crippen molar-refractivity contribution in [3.8, 4) is 0 Å². The number of nitrogens with zero attached hydrogens (tertiary/aromatic N) is 1. The topological polar surface area (TPSA) is 49.5 Å². The SMILES string of the molecule is CCC1CCCN(CCC2CCCC2(N)CO)C1. The fourth-order valence-electron chi connectivity index (χ4n) is 3.84. The van der Waals surface area contributed by atoms with E-state index in [-0.39, 0.29) is 12.1 Å². The van der Waals surface area contributed by atoms with E-state index >= 15 is 0 Å². The monoisotopic (exact) mass is 254 g/mol. The van der Waals surface area contributed by atoms with Crippen LogP contribution in [-0.2, 0) is 0 Å². The van der Waals surface area contributed by atoms with Gasteiger partial charge in [-0.25, -0.2) is 0 Å². The number of hydrogen-bond donors (Lipinski definition) is 2. The van der Waals surface area contributed by atoms with Crippen LogP contribution < -0.4 is 5.73 Å². The average molecular weight is 254 g/mol. The van der Waals surface area contributed by atoms with Crippen LogP contribution in [0.3, 0.4) is 0 Å². The number of piperidine rings is 1. The van der Waals surface area contributed by atoms with Crippen molar-refractivity contribution in [3.05, 3.63) is 0 Å². The minimum Gasteiger partial charge on any atom is -0.394 e. The van der Waals surface area contributed by atoms with Crippen LogP contribution in [0.15, 0.2) is 0 Å². The second kappa shape index (κ2) is 6.36. The Morgan fingerprint density at radius 3 is 2.89 bits per heavy atom. The van der Waals surface area contributed by atoms with Crippen molar-refractivity contribution in [2.75, 3.05) is 26.2 Å². The third-order valence-corrected chi connectivity index (χ3v) is 5.28. The van der Waals surface area contributed by atoms with Crippen molar-refractivity contribution in [2.24, 2.45) is 17.6 Å². The van der Waals surface area contributed by atoms with E-state index in [1.807, 2.05) is 0 Å². The van der Waals surface area contributed by atoms with E-state index in [9.17, 15) is 5.11 Å². The van der Waals surface area contributed by atoms with E-state index in [1.54, 1.807) is 0 Å². The van der Waals surface area contributed by atoms with Gasteiger partial charge >= 0.3 is 0 Å². The van der Waals surface area contributed by atoms with Crippen LogP contribution in [0.2, 0.25) is 0 Å². The van der Waals surface area contributed by atoms with Crippen molar-refractivity contribution >= 4 is 0 Å². The maximum absolute atomic E-state index is 9.47. The molecule has 1 saturated carbocycles. The second-order valence-electron chi connectivity index (χ2n) is 6.49. The van der Waals surface area contributed by atoms with E-state index in [0.29, 0.717) is 5.92 Å². The van der Waals surface area contributed by atoms with Crippen molar-refractivity contribution in [3.63, 3.8) is 0 Å². The first-order valence-corrected chi connectivity index (χ1v) is 7.80. The van der Waals surface area contributed by atoms with Gasteiger partial charge in [0.15, 0.2) is 0 Å². The molecule has 0 aromatic heterocycles. The van der Waals surface area contributed by atoms with Gasteiger partial charge in [0.25, 0.3) is 0 Å². The minimum absolute atomic E-state index is 0.162. The van der Waals surface area contributed by atoms with E-state index in [2.05, 4.69) is 11.8 Å². The Hall–Kier alpha value is -0.120. The van der Waals surface area contributed by atoms with Gasteiger partial charge in [-0.3, -0.25) is 0 Å². The zero-order valence-corrected chi connectivity index (χ0v) is 11.9. The Morgan fingerprint density at radius 2 is 2.17 bits per heavy atom. The molecule has 1 saturated heterocycles. The lowest BCUT2D eigenvalue weighted by Crippen LogP contribution is -2.48. The summed E-state index contributed by atoms with van der Waals surface area (Å²) in [6, 6.07) is 0. The molecule has 3 unspecified atom stereocenters. The lowest BCUT2D eigenvalue weighted by molar-refractivity contribution is 0.126. The molecule has 0 radical (unpaired) electrons. The fourth-order valence-corrected chi connectivity index (χ4v) is 3.84. The molecule has 1 aliphatic carbocycles. The highest BCUT2D eigenvalue weighted by molar-refractivity contribution is 4.96. The number of nitrogens with two attached hydrogens (primary N) is 1. The number of aliphatic hydroxyl groups excluding tert-OH is 1. The van der Waals surface area contributed by atoms with Crippen molar-refractivity contribution in [2.45, 2.75) is 57.4 Å². The van der Waals surface area contributed by atoms with Crippen molar-refractivity contribution in [1.82, 2.24) is 4.90 Å². The van der Waals surface area contributed by atoms with Gasteiger partial charge in [-0.1, -0.05) is 19.8 Å². The van der Waals surface area contributed by atoms with Gasteiger partial charge in [0, 0.05) is 12.1 Å². The molecule has 3 heteroatoms. The lowest BCUT2D eigenvalue weighted by atomic mass is 9.86. The Balaban J connectivity index is 1.77. The van der Waals surface area contributed by atoms with Gasteiger partial charge in [-0.15, -0.1) is 0 Å². The van der Waals surface area contributed by atoms with Gasteiger partial charge in [-0.2, -0.15) is 0 Å².